The zero-order chi connectivity index (χ0) is 18.1. The Morgan fingerprint density at radius 2 is 2.04 bits per heavy atom. The molecule has 6 heteroatoms. The van der Waals surface area contributed by atoms with Crippen LogP contribution in [0.2, 0.25) is 0 Å². The molecule has 0 radical (unpaired) electrons. The van der Waals surface area contributed by atoms with E-state index in [9.17, 15) is 4.39 Å². The van der Waals surface area contributed by atoms with E-state index < -0.39 is 4.75 Å². The van der Waals surface area contributed by atoms with E-state index in [4.69, 9.17) is 22.2 Å². The maximum absolute atomic E-state index is 13.8. The van der Waals surface area contributed by atoms with Gasteiger partial charge in [-0.1, -0.05) is 22.1 Å². The number of fused-ring (bicyclic) bond motifs is 1. The van der Waals surface area contributed by atoms with Crippen LogP contribution in [0.4, 0.5) is 4.39 Å². The molecule has 2 aromatic rings. The number of benzene rings is 1. The van der Waals surface area contributed by atoms with Crippen LogP contribution >= 0.6 is 11.8 Å². The largest absolute Gasteiger partial charge is 0.389 e. The van der Waals surface area contributed by atoms with Crippen LogP contribution in [0, 0.1) is 30.5 Å². The number of aromatic nitrogens is 1. The Morgan fingerprint density at radius 1 is 1.32 bits per heavy atom. The second-order valence-corrected chi connectivity index (χ2v) is 8.00. The molecule has 2 heterocycles. The maximum Gasteiger partial charge on any atom is 0.167 e. The lowest BCUT2D eigenvalue weighted by atomic mass is 9.94. The van der Waals surface area contributed by atoms with Crippen LogP contribution in [0.3, 0.4) is 0 Å². The molecule has 1 aliphatic heterocycles. The van der Waals surface area contributed by atoms with Gasteiger partial charge in [0, 0.05) is 24.6 Å². The van der Waals surface area contributed by atoms with Gasteiger partial charge >= 0.3 is 0 Å². The van der Waals surface area contributed by atoms with Gasteiger partial charge in [-0.15, -0.1) is 24.7 Å². The molecule has 0 N–H and O–H groups in total. The molecule has 3 rings (SSSR count). The second-order valence-electron chi connectivity index (χ2n) is 6.54. The van der Waals surface area contributed by atoms with Crippen LogP contribution in [0.25, 0.3) is 11.0 Å². The number of hydrogen-bond donors (Lipinski definition) is 0. The fourth-order valence-corrected chi connectivity index (χ4v) is 4.30. The first-order chi connectivity index (χ1) is 11.9. The fraction of sp³-hybridized carbons (Fsp3) is 0.368. The normalized spacial score (nSPS) is 16.1. The van der Waals surface area contributed by atoms with Crippen molar-refractivity contribution >= 4 is 27.8 Å². The maximum atomic E-state index is 13.8. The Hall–Kier alpha value is -2.44. The summed E-state index contributed by atoms with van der Waals surface area (Å²) in [7, 11) is 0. The molecular weight excluding hydrogens is 339 g/mol. The highest BCUT2D eigenvalue weighted by atomic mass is 32.2. The molecule has 25 heavy (non-hydrogen) atoms. The molecule has 1 aliphatic rings. The molecule has 1 aromatic heterocycles. The summed E-state index contributed by atoms with van der Waals surface area (Å²) < 4.78 is 18.4. The smallest absolute Gasteiger partial charge is 0.167 e. The minimum absolute atomic E-state index is 0.305. The van der Waals surface area contributed by atoms with Crippen molar-refractivity contribution in [1.82, 2.24) is 5.16 Å². The predicted molar refractivity (Wildman–Crippen MR) is 97.4 cm³/mol. The lowest BCUT2D eigenvalue weighted by molar-refractivity contribution is 0.0123. The lowest BCUT2D eigenvalue weighted by Crippen LogP contribution is -2.25. The van der Waals surface area contributed by atoms with Gasteiger partial charge in [0.1, 0.15) is 22.2 Å². The third kappa shape index (κ3) is 3.36. The minimum Gasteiger partial charge on any atom is -0.389 e. The third-order valence-corrected chi connectivity index (χ3v) is 5.25. The number of rotatable bonds is 4. The number of halogens is 1. The van der Waals surface area contributed by atoms with Gasteiger partial charge in [-0.3, -0.25) is 0 Å². The van der Waals surface area contributed by atoms with E-state index in [-0.39, 0.29) is 11.4 Å². The predicted octanol–water partition coefficient (Wildman–Crippen LogP) is 4.45. The average molecular weight is 356 g/mol. The summed E-state index contributed by atoms with van der Waals surface area (Å²) in [4.78, 5) is 5.44. The van der Waals surface area contributed by atoms with Crippen molar-refractivity contribution in [3.63, 3.8) is 0 Å². The van der Waals surface area contributed by atoms with Crippen LogP contribution in [0.1, 0.15) is 38.8 Å². The van der Waals surface area contributed by atoms with Crippen molar-refractivity contribution in [1.29, 1.82) is 0 Å². The van der Waals surface area contributed by atoms with Crippen molar-refractivity contribution in [3.05, 3.63) is 29.7 Å². The highest BCUT2D eigenvalue weighted by molar-refractivity contribution is 8.14. The van der Waals surface area contributed by atoms with Crippen LogP contribution in [-0.4, -0.2) is 15.8 Å². The molecule has 4 nitrogen and oxygen atoms in total. The molecule has 0 fully saturated rings. The minimum atomic E-state index is -0.759. The molecule has 0 saturated carbocycles. The average Bonchev–Trinajstić information content (AvgIpc) is 3.10. The Bertz CT molecular complexity index is 902. The van der Waals surface area contributed by atoms with E-state index in [1.807, 2.05) is 13.8 Å². The van der Waals surface area contributed by atoms with Crippen LogP contribution in [-0.2, 0) is 9.58 Å². The third-order valence-electron chi connectivity index (χ3n) is 3.92. The van der Waals surface area contributed by atoms with E-state index in [1.165, 1.54) is 23.9 Å². The van der Waals surface area contributed by atoms with Crippen LogP contribution < -0.4 is 0 Å². The molecule has 0 spiro atoms. The molecule has 0 aliphatic carbocycles. The fourth-order valence-electron chi connectivity index (χ4n) is 2.80. The SMILES string of the molecule is C#CCC(CC#C)(SC1=NOC(C)(C)C1)c1noc2ccc(F)cc12. The van der Waals surface area contributed by atoms with Gasteiger partial charge < -0.3 is 9.36 Å². The van der Waals surface area contributed by atoms with E-state index in [0.29, 0.717) is 35.9 Å². The molecule has 0 atom stereocenters. The van der Waals surface area contributed by atoms with Gasteiger partial charge in [0.15, 0.2) is 5.58 Å². The quantitative estimate of drug-likeness (QED) is 0.759. The zero-order valence-corrected chi connectivity index (χ0v) is 14.8. The summed E-state index contributed by atoms with van der Waals surface area (Å²) in [6.45, 7) is 3.91. The van der Waals surface area contributed by atoms with Gasteiger partial charge in [-0.25, -0.2) is 4.39 Å². The van der Waals surface area contributed by atoms with Crippen LogP contribution in [0.5, 0.6) is 0 Å². The number of nitrogens with zero attached hydrogens (tertiary/aromatic N) is 2. The van der Waals surface area contributed by atoms with E-state index in [2.05, 4.69) is 22.2 Å². The van der Waals surface area contributed by atoms with Crippen molar-refractivity contribution in [2.24, 2.45) is 5.16 Å². The molecule has 0 saturated heterocycles. The van der Waals surface area contributed by atoms with E-state index in [0.717, 1.165) is 5.04 Å². The standard InChI is InChI=1S/C19H17FN2O2S/c1-5-9-19(10-6-2,25-16-12-18(3,4)24-21-16)17-14-11-13(20)7-8-15(14)23-22-17/h1-2,7-8,11H,9-10,12H2,3-4H3. The second kappa shape index (κ2) is 6.46. The van der Waals surface area contributed by atoms with Crippen molar-refractivity contribution in [2.75, 3.05) is 0 Å². The number of thioether (sulfide) groups is 1. The molecule has 0 unspecified atom stereocenters. The van der Waals surface area contributed by atoms with Crippen molar-refractivity contribution < 1.29 is 13.8 Å². The van der Waals surface area contributed by atoms with Crippen molar-refractivity contribution in [3.8, 4) is 24.7 Å². The van der Waals surface area contributed by atoms with E-state index >= 15 is 0 Å². The molecule has 128 valence electrons. The monoisotopic (exact) mass is 356 g/mol. The number of oxime groups is 1. The summed E-state index contributed by atoms with van der Waals surface area (Å²) >= 11 is 1.42. The van der Waals surface area contributed by atoms with E-state index in [1.54, 1.807) is 6.07 Å². The Kier molecular flexibility index (Phi) is 4.49. The first-order valence-corrected chi connectivity index (χ1v) is 8.57. The van der Waals surface area contributed by atoms with Gasteiger partial charge in [0.05, 0.1) is 4.75 Å². The summed E-state index contributed by atoms with van der Waals surface area (Å²) in [5.74, 6) is 4.96. The summed E-state index contributed by atoms with van der Waals surface area (Å²) in [6, 6.07) is 4.26. The summed E-state index contributed by atoms with van der Waals surface area (Å²) in [5, 5.41) is 9.68. The Balaban J connectivity index is 2.09. The topological polar surface area (TPSA) is 47.6 Å². The number of hydrogen-bond acceptors (Lipinski definition) is 5. The first-order valence-electron chi connectivity index (χ1n) is 7.75. The zero-order valence-electron chi connectivity index (χ0n) is 14.0. The van der Waals surface area contributed by atoms with Crippen LogP contribution in [0.15, 0.2) is 27.9 Å². The van der Waals surface area contributed by atoms with Gasteiger partial charge in [0.2, 0.25) is 0 Å². The molecule has 0 amide bonds. The highest BCUT2D eigenvalue weighted by Crippen LogP contribution is 2.47. The summed E-state index contributed by atoms with van der Waals surface area (Å²) in [6.07, 6.45) is 12.5. The van der Waals surface area contributed by atoms with Gasteiger partial charge in [-0.2, -0.15) is 0 Å². The summed E-state index contributed by atoms with van der Waals surface area (Å²) in [5.41, 5.74) is 0.647. The first kappa shape index (κ1) is 17.4. The molecule has 0 bridgehead atoms. The van der Waals surface area contributed by atoms with Gasteiger partial charge in [-0.05, 0) is 32.0 Å². The lowest BCUT2D eigenvalue weighted by Gasteiger charge is -2.27. The van der Waals surface area contributed by atoms with Crippen molar-refractivity contribution in [2.45, 2.75) is 43.5 Å². The molecular formula is C19H17FN2O2S. The Morgan fingerprint density at radius 3 is 2.64 bits per heavy atom. The highest BCUT2D eigenvalue weighted by Gasteiger charge is 2.41. The van der Waals surface area contributed by atoms with Gasteiger partial charge in [0.25, 0.3) is 0 Å². The number of terminal acetylenes is 2. The molecule has 1 aromatic carbocycles. The Labute approximate surface area is 150 Å².